The van der Waals surface area contributed by atoms with Gasteiger partial charge in [0.25, 0.3) is 0 Å². The van der Waals surface area contributed by atoms with Crippen molar-refractivity contribution in [2.75, 3.05) is 0 Å². The zero-order valence-electron chi connectivity index (χ0n) is 12.9. The maximum absolute atomic E-state index is 13.3. The molecule has 0 saturated carbocycles. The van der Waals surface area contributed by atoms with Crippen molar-refractivity contribution in [3.8, 4) is 0 Å². The highest BCUT2D eigenvalue weighted by molar-refractivity contribution is 5.60. The average Bonchev–Trinajstić information content (AvgIpc) is 2.45. The van der Waals surface area contributed by atoms with E-state index >= 15 is 0 Å². The minimum Gasteiger partial charge on any atom is -0.424 e. The van der Waals surface area contributed by atoms with E-state index in [0.717, 1.165) is 0 Å². The summed E-state index contributed by atoms with van der Waals surface area (Å²) in [5.74, 6) is -9.47. The summed E-state index contributed by atoms with van der Waals surface area (Å²) < 4.78 is 110. The SMILES string of the molecule is CCCC(OC(=O)OC(CCC)C(F)(F)C(F)F)C(F)(F)C(F)F. The van der Waals surface area contributed by atoms with Gasteiger partial charge in [-0.1, -0.05) is 26.7 Å². The normalized spacial score (nSPS) is 15.5. The molecule has 0 aromatic rings. The molecule has 11 heteroatoms. The Labute approximate surface area is 133 Å². The molecule has 144 valence electrons. The van der Waals surface area contributed by atoms with Gasteiger partial charge in [-0.3, -0.25) is 0 Å². The van der Waals surface area contributed by atoms with E-state index in [1.165, 1.54) is 13.8 Å². The Hall–Kier alpha value is -1.29. The van der Waals surface area contributed by atoms with Gasteiger partial charge in [0, 0.05) is 0 Å². The van der Waals surface area contributed by atoms with Crippen LogP contribution >= 0.6 is 0 Å². The van der Waals surface area contributed by atoms with Gasteiger partial charge in [-0.2, -0.15) is 17.6 Å². The second-order valence-electron chi connectivity index (χ2n) is 4.99. The van der Waals surface area contributed by atoms with Gasteiger partial charge in [0.2, 0.25) is 0 Å². The summed E-state index contributed by atoms with van der Waals surface area (Å²) in [5.41, 5.74) is 0. The fourth-order valence-corrected chi connectivity index (χ4v) is 1.73. The molecule has 0 aromatic carbocycles. The van der Waals surface area contributed by atoms with Gasteiger partial charge >= 0.3 is 30.9 Å². The van der Waals surface area contributed by atoms with Crippen LogP contribution in [0.1, 0.15) is 39.5 Å². The highest BCUT2D eigenvalue weighted by Gasteiger charge is 2.53. The van der Waals surface area contributed by atoms with Crippen LogP contribution in [0.2, 0.25) is 0 Å². The van der Waals surface area contributed by atoms with Crippen molar-refractivity contribution in [1.82, 2.24) is 0 Å². The van der Waals surface area contributed by atoms with Crippen molar-refractivity contribution in [3.05, 3.63) is 0 Å². The molecule has 3 nitrogen and oxygen atoms in total. The van der Waals surface area contributed by atoms with Crippen molar-refractivity contribution in [2.45, 2.75) is 76.4 Å². The van der Waals surface area contributed by atoms with Crippen LogP contribution in [0.3, 0.4) is 0 Å². The first kappa shape index (κ1) is 22.7. The Morgan fingerprint density at radius 2 is 1.08 bits per heavy atom. The van der Waals surface area contributed by atoms with Gasteiger partial charge in [-0.05, 0) is 12.8 Å². The molecule has 2 unspecified atom stereocenters. The van der Waals surface area contributed by atoms with Gasteiger partial charge in [0.15, 0.2) is 12.2 Å². The third-order valence-corrected chi connectivity index (χ3v) is 3.02. The molecule has 2 atom stereocenters. The van der Waals surface area contributed by atoms with Crippen LogP contribution in [0.25, 0.3) is 0 Å². The van der Waals surface area contributed by atoms with E-state index in [2.05, 4.69) is 9.47 Å². The third kappa shape index (κ3) is 5.97. The van der Waals surface area contributed by atoms with E-state index < -0.39 is 55.9 Å². The van der Waals surface area contributed by atoms with Crippen LogP contribution in [-0.4, -0.2) is 43.1 Å². The standard InChI is InChI=1S/C13H18F8O3/c1-3-5-7(12(18,19)9(14)15)23-11(22)24-8(6-4-2)13(20,21)10(16)17/h7-10H,3-6H2,1-2H3. The molecule has 0 aromatic heterocycles. The van der Waals surface area contributed by atoms with Crippen molar-refractivity contribution in [3.63, 3.8) is 0 Å². The first-order valence-electron chi connectivity index (χ1n) is 7.10. The highest BCUT2D eigenvalue weighted by atomic mass is 19.3. The topological polar surface area (TPSA) is 35.5 Å². The number of alkyl halides is 8. The molecule has 0 aliphatic heterocycles. The molecule has 0 aliphatic rings. The molecule has 24 heavy (non-hydrogen) atoms. The number of hydrogen-bond acceptors (Lipinski definition) is 3. The number of ether oxygens (including phenoxy) is 2. The van der Waals surface area contributed by atoms with Crippen molar-refractivity contribution in [1.29, 1.82) is 0 Å². The summed E-state index contributed by atoms with van der Waals surface area (Å²) in [4.78, 5) is 11.4. The summed E-state index contributed by atoms with van der Waals surface area (Å²) in [6.07, 6.45) is -17.3. The minimum absolute atomic E-state index is 0.0914. The molecule has 0 bridgehead atoms. The molecule has 0 N–H and O–H groups in total. The Kier molecular flexibility index (Phi) is 8.76. The van der Waals surface area contributed by atoms with Crippen LogP contribution in [-0.2, 0) is 9.47 Å². The lowest BCUT2D eigenvalue weighted by atomic mass is 10.1. The zero-order chi connectivity index (χ0) is 19.1. The first-order valence-corrected chi connectivity index (χ1v) is 7.10. The Bertz CT molecular complexity index is 355. The number of carbonyl (C=O) groups excluding carboxylic acids is 1. The molecule has 0 heterocycles. The van der Waals surface area contributed by atoms with E-state index in [9.17, 15) is 39.9 Å². The van der Waals surface area contributed by atoms with Crippen molar-refractivity contribution < 1.29 is 49.4 Å². The molecule has 0 saturated heterocycles. The summed E-state index contributed by atoms with van der Waals surface area (Å²) in [7, 11) is 0. The molecular formula is C13H18F8O3. The fourth-order valence-electron chi connectivity index (χ4n) is 1.73. The second-order valence-corrected chi connectivity index (χ2v) is 4.99. The summed E-state index contributed by atoms with van der Waals surface area (Å²) in [6.45, 7) is 2.65. The van der Waals surface area contributed by atoms with Crippen LogP contribution in [0, 0.1) is 0 Å². The maximum Gasteiger partial charge on any atom is 0.509 e. The van der Waals surface area contributed by atoms with Crippen LogP contribution in [0.15, 0.2) is 0 Å². The molecule has 0 fully saturated rings. The van der Waals surface area contributed by atoms with E-state index in [1.54, 1.807) is 0 Å². The second kappa shape index (κ2) is 9.26. The van der Waals surface area contributed by atoms with Crippen molar-refractivity contribution in [2.24, 2.45) is 0 Å². The molecule has 0 aliphatic carbocycles. The van der Waals surface area contributed by atoms with E-state index in [-0.39, 0.29) is 12.8 Å². The highest BCUT2D eigenvalue weighted by Crippen LogP contribution is 2.34. The quantitative estimate of drug-likeness (QED) is 0.386. The largest absolute Gasteiger partial charge is 0.509 e. The summed E-state index contributed by atoms with van der Waals surface area (Å²) in [6, 6.07) is 0. The number of halogens is 8. The fraction of sp³-hybridized carbons (Fsp3) is 0.923. The van der Waals surface area contributed by atoms with E-state index in [0.29, 0.717) is 0 Å². The zero-order valence-corrected chi connectivity index (χ0v) is 12.9. The monoisotopic (exact) mass is 374 g/mol. The lowest BCUT2D eigenvalue weighted by molar-refractivity contribution is -0.217. The van der Waals surface area contributed by atoms with Gasteiger partial charge in [-0.25, -0.2) is 22.4 Å². The third-order valence-electron chi connectivity index (χ3n) is 3.02. The Morgan fingerprint density at radius 3 is 1.29 bits per heavy atom. The predicted octanol–water partition coefficient (Wildman–Crippen LogP) is 5.28. The minimum atomic E-state index is -4.74. The number of carbonyl (C=O) groups is 1. The molecule has 0 spiro atoms. The smallest absolute Gasteiger partial charge is 0.424 e. The van der Waals surface area contributed by atoms with Crippen LogP contribution in [0.4, 0.5) is 39.9 Å². The first-order chi connectivity index (χ1) is 10.9. The summed E-state index contributed by atoms with van der Waals surface area (Å²) >= 11 is 0. The Balaban J connectivity index is 5.10. The van der Waals surface area contributed by atoms with Crippen LogP contribution < -0.4 is 0 Å². The van der Waals surface area contributed by atoms with Gasteiger partial charge < -0.3 is 9.47 Å². The lowest BCUT2D eigenvalue weighted by Crippen LogP contribution is -2.46. The molecular weight excluding hydrogens is 356 g/mol. The van der Waals surface area contributed by atoms with Crippen LogP contribution in [0.5, 0.6) is 0 Å². The number of rotatable bonds is 10. The molecule has 0 radical (unpaired) electrons. The molecule has 0 amide bonds. The predicted molar refractivity (Wildman–Crippen MR) is 66.9 cm³/mol. The van der Waals surface area contributed by atoms with E-state index in [4.69, 9.17) is 0 Å². The van der Waals surface area contributed by atoms with E-state index in [1.807, 2.05) is 0 Å². The Morgan fingerprint density at radius 1 is 0.792 bits per heavy atom. The number of hydrogen-bond donors (Lipinski definition) is 0. The molecule has 0 rings (SSSR count). The van der Waals surface area contributed by atoms with Gasteiger partial charge in [-0.15, -0.1) is 0 Å². The van der Waals surface area contributed by atoms with Gasteiger partial charge in [0.05, 0.1) is 0 Å². The van der Waals surface area contributed by atoms with Gasteiger partial charge in [0.1, 0.15) is 0 Å². The van der Waals surface area contributed by atoms with Crippen molar-refractivity contribution >= 4 is 6.16 Å². The maximum atomic E-state index is 13.3. The summed E-state index contributed by atoms with van der Waals surface area (Å²) in [5, 5.41) is 0. The average molecular weight is 374 g/mol. The lowest BCUT2D eigenvalue weighted by Gasteiger charge is -2.28.